The molecule has 0 saturated heterocycles. The molecule has 3 aromatic heterocycles. The van der Waals surface area contributed by atoms with E-state index in [4.69, 9.17) is 19.6 Å². The molecule has 196 valence electrons. The van der Waals surface area contributed by atoms with Crippen LogP contribution in [0.1, 0.15) is 61.4 Å². The molecule has 0 radical (unpaired) electrons. The van der Waals surface area contributed by atoms with Crippen molar-refractivity contribution in [2.24, 2.45) is 10.9 Å². The zero-order valence-electron chi connectivity index (χ0n) is 21.1. The fourth-order valence-corrected chi connectivity index (χ4v) is 5.42. The Balaban J connectivity index is 1.08. The van der Waals surface area contributed by atoms with Crippen LogP contribution < -0.4 is 14.4 Å². The summed E-state index contributed by atoms with van der Waals surface area (Å²) in [6, 6.07) is 10.3. The van der Waals surface area contributed by atoms with Crippen LogP contribution >= 0.6 is 0 Å². The highest BCUT2D eigenvalue weighted by atomic mass is 16.5. The average Bonchev–Trinajstić information content (AvgIpc) is 3.08. The second-order valence-electron chi connectivity index (χ2n) is 9.98. The quantitative estimate of drug-likeness (QED) is 0.416. The third-order valence-electron chi connectivity index (χ3n) is 7.43. The third-order valence-corrected chi connectivity index (χ3v) is 7.43. The number of nitrogens with zero attached hydrogens (tertiary/aromatic N) is 6. The fraction of sp³-hybridized carbons (Fsp3) is 0.429. The van der Waals surface area contributed by atoms with Crippen molar-refractivity contribution in [3.05, 3.63) is 59.7 Å². The number of ether oxygens (including phenoxy) is 2. The van der Waals surface area contributed by atoms with Gasteiger partial charge in [-0.05, 0) is 68.7 Å². The summed E-state index contributed by atoms with van der Waals surface area (Å²) in [7, 11) is 0. The van der Waals surface area contributed by atoms with Crippen molar-refractivity contribution in [2.45, 2.75) is 50.9 Å². The summed E-state index contributed by atoms with van der Waals surface area (Å²) in [5.41, 5.74) is 3.86. The van der Waals surface area contributed by atoms with Crippen molar-refractivity contribution in [1.29, 1.82) is 0 Å². The van der Waals surface area contributed by atoms with E-state index in [1.807, 2.05) is 24.4 Å². The Labute approximate surface area is 220 Å². The van der Waals surface area contributed by atoms with Crippen LogP contribution in [0.5, 0.6) is 11.9 Å². The standard InChI is InChI=1S/C28H30N6O4/c35-23(36)16-18-6-8-19(9-7-18)22-11-10-21(17-30-22)34-13-15-37-27-24-25(31-26(24)34)32-28(33-27)38-14-3-5-20-4-1-2-12-29-20/h1-2,4,10-12,17-19H,3,5-9,13-16H2,(H,35,36). The number of hydrogen-bond donors (Lipinski definition) is 1. The third kappa shape index (κ3) is 5.16. The Morgan fingerprint density at radius 3 is 2.76 bits per heavy atom. The first-order chi connectivity index (χ1) is 18.6. The second kappa shape index (κ2) is 10.7. The van der Waals surface area contributed by atoms with Gasteiger partial charge in [-0.3, -0.25) is 14.8 Å². The maximum atomic E-state index is 11.0. The van der Waals surface area contributed by atoms with Crippen molar-refractivity contribution < 1.29 is 19.4 Å². The molecule has 5 heterocycles. The van der Waals surface area contributed by atoms with Crippen LogP contribution in [0.3, 0.4) is 0 Å². The van der Waals surface area contributed by atoms with E-state index in [0.29, 0.717) is 37.4 Å². The summed E-state index contributed by atoms with van der Waals surface area (Å²) in [5, 5.41) is 9.05. The number of aliphatic carboxylic acids is 1. The molecule has 3 aliphatic rings. The predicted molar refractivity (Wildman–Crippen MR) is 140 cm³/mol. The van der Waals surface area contributed by atoms with Crippen LogP contribution in [-0.2, 0) is 11.2 Å². The number of carbonyl (C=O) groups is 1. The van der Waals surface area contributed by atoms with Gasteiger partial charge in [-0.2, -0.15) is 9.97 Å². The van der Waals surface area contributed by atoms with Crippen LogP contribution in [0.25, 0.3) is 0 Å². The molecule has 3 aromatic rings. The van der Waals surface area contributed by atoms with Gasteiger partial charge in [0.25, 0.3) is 0 Å². The van der Waals surface area contributed by atoms with Crippen molar-refractivity contribution in [2.75, 3.05) is 24.7 Å². The van der Waals surface area contributed by atoms with Gasteiger partial charge in [-0.25, -0.2) is 4.99 Å². The lowest BCUT2D eigenvalue weighted by molar-refractivity contribution is -0.138. The van der Waals surface area contributed by atoms with Gasteiger partial charge >= 0.3 is 12.0 Å². The number of hydrogen-bond acceptors (Lipinski definition) is 9. The van der Waals surface area contributed by atoms with E-state index in [1.54, 1.807) is 6.20 Å². The van der Waals surface area contributed by atoms with Crippen LogP contribution in [-0.4, -0.2) is 56.6 Å². The van der Waals surface area contributed by atoms with Gasteiger partial charge in [0.05, 0.1) is 25.0 Å². The van der Waals surface area contributed by atoms with Gasteiger partial charge in [-0.1, -0.05) is 6.07 Å². The smallest absolute Gasteiger partial charge is 0.321 e. The number of rotatable bonds is 9. The molecular formula is C28H30N6O4. The molecule has 1 saturated carbocycles. The largest absolute Gasteiger partial charge is 0.481 e. The molecule has 2 aliphatic heterocycles. The Hall–Kier alpha value is -4.08. The Bertz CT molecular complexity index is 1320. The zero-order valence-corrected chi connectivity index (χ0v) is 21.1. The van der Waals surface area contributed by atoms with Gasteiger partial charge < -0.3 is 19.5 Å². The molecule has 0 aromatic carbocycles. The number of aromatic nitrogens is 4. The summed E-state index contributed by atoms with van der Waals surface area (Å²) in [4.78, 5) is 35.8. The van der Waals surface area contributed by atoms with E-state index in [0.717, 1.165) is 67.0 Å². The highest BCUT2D eigenvalue weighted by Crippen LogP contribution is 2.40. The Kier molecular flexibility index (Phi) is 6.85. The fourth-order valence-electron chi connectivity index (χ4n) is 5.42. The minimum Gasteiger partial charge on any atom is -0.481 e. The monoisotopic (exact) mass is 514 g/mol. The highest BCUT2D eigenvalue weighted by molar-refractivity contribution is 6.20. The van der Waals surface area contributed by atoms with Crippen LogP contribution in [0.4, 0.5) is 11.5 Å². The van der Waals surface area contributed by atoms with E-state index in [2.05, 4.69) is 37.0 Å². The number of amidine groups is 1. The molecule has 6 rings (SSSR count). The van der Waals surface area contributed by atoms with Crippen LogP contribution in [0.2, 0.25) is 0 Å². The van der Waals surface area contributed by atoms with Gasteiger partial charge in [0, 0.05) is 29.9 Å². The lowest BCUT2D eigenvalue weighted by atomic mass is 9.79. The molecule has 1 aliphatic carbocycles. The molecule has 10 heteroatoms. The number of aliphatic imine (C=N–C) groups is 1. The molecule has 1 N–H and O–H groups in total. The molecule has 38 heavy (non-hydrogen) atoms. The second-order valence-corrected chi connectivity index (χ2v) is 9.98. The molecule has 0 bridgehead atoms. The van der Waals surface area contributed by atoms with E-state index >= 15 is 0 Å². The summed E-state index contributed by atoms with van der Waals surface area (Å²) in [5.74, 6) is 1.84. The molecule has 10 nitrogen and oxygen atoms in total. The minimum atomic E-state index is -0.702. The van der Waals surface area contributed by atoms with E-state index in [-0.39, 0.29) is 18.3 Å². The van der Waals surface area contributed by atoms with Gasteiger partial charge in [0.2, 0.25) is 5.88 Å². The van der Waals surface area contributed by atoms with E-state index < -0.39 is 5.97 Å². The van der Waals surface area contributed by atoms with Gasteiger partial charge in [0.15, 0.2) is 11.7 Å². The van der Waals surface area contributed by atoms with Gasteiger partial charge in [0.1, 0.15) is 12.2 Å². The van der Waals surface area contributed by atoms with Crippen LogP contribution in [0, 0.1) is 5.92 Å². The number of pyridine rings is 2. The lowest BCUT2D eigenvalue weighted by Gasteiger charge is -2.29. The summed E-state index contributed by atoms with van der Waals surface area (Å²) in [6.45, 7) is 1.56. The summed E-state index contributed by atoms with van der Waals surface area (Å²) >= 11 is 0. The molecule has 0 unspecified atom stereocenters. The molecule has 0 atom stereocenters. The first kappa shape index (κ1) is 24.3. The average molecular weight is 515 g/mol. The first-order valence-electron chi connectivity index (χ1n) is 13.3. The highest BCUT2D eigenvalue weighted by Gasteiger charge is 2.35. The van der Waals surface area contributed by atoms with Gasteiger partial charge in [-0.15, -0.1) is 0 Å². The summed E-state index contributed by atoms with van der Waals surface area (Å²) < 4.78 is 11.8. The zero-order chi connectivity index (χ0) is 25.9. The lowest BCUT2D eigenvalue weighted by Crippen LogP contribution is -2.36. The molecule has 0 spiro atoms. The SMILES string of the molecule is O=C(O)CC1CCC(c2ccc(N3CCOc4nc(OCCCc5ccccn5)nc5c4C3=N5)cn2)CC1. The van der Waals surface area contributed by atoms with Crippen molar-refractivity contribution in [3.8, 4) is 11.9 Å². The number of carboxylic acid groups (broad SMARTS) is 1. The molecule has 0 amide bonds. The van der Waals surface area contributed by atoms with Crippen LogP contribution in [0.15, 0.2) is 47.7 Å². The normalized spacial score (nSPS) is 19.9. The van der Waals surface area contributed by atoms with Crippen molar-refractivity contribution in [3.63, 3.8) is 0 Å². The minimum absolute atomic E-state index is 0.269. The molecule has 1 fully saturated rings. The first-order valence-corrected chi connectivity index (χ1v) is 13.3. The maximum Gasteiger partial charge on any atom is 0.321 e. The van der Waals surface area contributed by atoms with E-state index in [9.17, 15) is 4.79 Å². The number of aryl methyl sites for hydroxylation is 1. The summed E-state index contributed by atoms with van der Waals surface area (Å²) in [6.07, 6.45) is 9.43. The Morgan fingerprint density at radius 2 is 2.00 bits per heavy atom. The van der Waals surface area contributed by atoms with Crippen molar-refractivity contribution in [1.82, 2.24) is 19.9 Å². The maximum absolute atomic E-state index is 11.0. The number of carboxylic acids is 1. The molecular weight excluding hydrogens is 484 g/mol. The Morgan fingerprint density at radius 1 is 1.11 bits per heavy atom. The predicted octanol–water partition coefficient (Wildman–Crippen LogP) is 4.32. The van der Waals surface area contributed by atoms with E-state index in [1.165, 1.54) is 0 Å². The number of anilines is 1. The topological polar surface area (TPSA) is 123 Å². The van der Waals surface area contributed by atoms with Crippen molar-refractivity contribution >= 4 is 23.3 Å².